The molecule has 2 unspecified atom stereocenters. The summed E-state index contributed by atoms with van der Waals surface area (Å²) >= 11 is 0. The van der Waals surface area contributed by atoms with Crippen LogP contribution in [0.1, 0.15) is 55.3 Å². The molecule has 0 aromatic heterocycles. The van der Waals surface area contributed by atoms with Crippen molar-refractivity contribution in [1.29, 1.82) is 5.26 Å². The summed E-state index contributed by atoms with van der Waals surface area (Å²) < 4.78 is 11.6. The number of rotatable bonds is 9. The van der Waals surface area contributed by atoms with E-state index in [1.54, 1.807) is 19.1 Å². The summed E-state index contributed by atoms with van der Waals surface area (Å²) in [7, 11) is 0. The van der Waals surface area contributed by atoms with E-state index in [1.165, 1.54) is 0 Å². The summed E-state index contributed by atoms with van der Waals surface area (Å²) in [4.78, 5) is 12.0. The molecule has 0 aliphatic rings. The van der Waals surface area contributed by atoms with E-state index in [1.807, 2.05) is 69.3 Å². The highest BCUT2D eigenvalue weighted by Gasteiger charge is 2.28. The SMILES string of the molecule is CCOC(=O)c1ccc(-c2ccc(OC(c3c(CC(C)(C)N)ccc4ccccc34)C(C)C#N)cc2)cc1. The van der Waals surface area contributed by atoms with Crippen molar-refractivity contribution in [3.05, 3.63) is 102 Å². The Labute approximate surface area is 224 Å². The van der Waals surface area contributed by atoms with Gasteiger partial charge in [-0.25, -0.2) is 4.79 Å². The van der Waals surface area contributed by atoms with Crippen molar-refractivity contribution < 1.29 is 14.3 Å². The number of hydrogen-bond acceptors (Lipinski definition) is 5. The number of benzene rings is 4. The van der Waals surface area contributed by atoms with Crippen LogP contribution in [0.4, 0.5) is 0 Å². The first-order valence-corrected chi connectivity index (χ1v) is 12.9. The van der Waals surface area contributed by atoms with Gasteiger partial charge in [-0.2, -0.15) is 5.26 Å². The van der Waals surface area contributed by atoms with E-state index in [-0.39, 0.29) is 5.97 Å². The summed E-state index contributed by atoms with van der Waals surface area (Å²) in [6, 6.07) is 29.9. The summed E-state index contributed by atoms with van der Waals surface area (Å²) in [6.07, 6.45) is 0.185. The molecule has 4 rings (SSSR count). The van der Waals surface area contributed by atoms with Gasteiger partial charge in [-0.05, 0) is 85.8 Å². The Morgan fingerprint density at radius 3 is 2.18 bits per heavy atom. The average Bonchev–Trinajstić information content (AvgIpc) is 2.91. The number of hydrogen-bond donors (Lipinski definition) is 1. The summed E-state index contributed by atoms with van der Waals surface area (Å²) in [5.74, 6) is -0.0447. The van der Waals surface area contributed by atoms with Crippen molar-refractivity contribution in [2.45, 2.75) is 45.8 Å². The Morgan fingerprint density at radius 1 is 0.947 bits per heavy atom. The number of carbonyl (C=O) groups is 1. The van der Waals surface area contributed by atoms with Gasteiger partial charge in [-0.1, -0.05) is 60.7 Å². The molecule has 0 saturated heterocycles. The van der Waals surface area contributed by atoms with E-state index < -0.39 is 17.6 Å². The van der Waals surface area contributed by atoms with Crippen LogP contribution in [0.25, 0.3) is 21.9 Å². The zero-order valence-electron chi connectivity index (χ0n) is 22.4. The van der Waals surface area contributed by atoms with Gasteiger partial charge in [0.15, 0.2) is 0 Å². The number of nitrogens with zero attached hydrogens (tertiary/aromatic N) is 1. The minimum Gasteiger partial charge on any atom is -0.484 e. The van der Waals surface area contributed by atoms with Gasteiger partial charge in [0.25, 0.3) is 0 Å². The van der Waals surface area contributed by atoms with Crippen LogP contribution < -0.4 is 10.5 Å². The molecule has 0 amide bonds. The molecule has 0 aliphatic carbocycles. The van der Waals surface area contributed by atoms with Gasteiger partial charge in [0.2, 0.25) is 0 Å². The van der Waals surface area contributed by atoms with Crippen molar-refractivity contribution in [3.63, 3.8) is 0 Å². The van der Waals surface area contributed by atoms with Crippen molar-refractivity contribution in [2.75, 3.05) is 6.61 Å². The molecule has 4 aromatic rings. The normalized spacial score (nSPS) is 12.9. The van der Waals surface area contributed by atoms with Crippen LogP contribution in [0.3, 0.4) is 0 Å². The third kappa shape index (κ3) is 6.22. The van der Waals surface area contributed by atoms with Crippen LogP contribution in [-0.4, -0.2) is 18.1 Å². The third-order valence-corrected chi connectivity index (χ3v) is 6.50. The van der Waals surface area contributed by atoms with Crippen molar-refractivity contribution in [1.82, 2.24) is 0 Å². The van der Waals surface area contributed by atoms with E-state index in [0.717, 1.165) is 33.0 Å². The van der Waals surface area contributed by atoms with Gasteiger partial charge in [0.05, 0.1) is 24.2 Å². The smallest absolute Gasteiger partial charge is 0.338 e. The van der Waals surface area contributed by atoms with E-state index in [0.29, 0.717) is 24.3 Å². The van der Waals surface area contributed by atoms with E-state index in [4.69, 9.17) is 15.2 Å². The van der Waals surface area contributed by atoms with Crippen LogP contribution >= 0.6 is 0 Å². The number of carbonyl (C=O) groups excluding carboxylic acids is 1. The second-order valence-corrected chi connectivity index (χ2v) is 10.3. The molecule has 5 nitrogen and oxygen atoms in total. The highest BCUT2D eigenvalue weighted by Crippen LogP contribution is 2.37. The lowest BCUT2D eigenvalue weighted by Crippen LogP contribution is -2.35. The second kappa shape index (κ2) is 11.5. The Balaban J connectivity index is 1.67. The van der Waals surface area contributed by atoms with Gasteiger partial charge in [-0.3, -0.25) is 0 Å². The summed E-state index contributed by atoms with van der Waals surface area (Å²) in [5, 5.41) is 12.1. The first kappa shape index (κ1) is 26.9. The molecule has 0 radical (unpaired) electrons. The zero-order valence-corrected chi connectivity index (χ0v) is 22.4. The summed E-state index contributed by atoms with van der Waals surface area (Å²) in [5.41, 5.74) is 10.6. The maximum absolute atomic E-state index is 12.0. The molecule has 38 heavy (non-hydrogen) atoms. The molecule has 4 aromatic carbocycles. The number of ether oxygens (including phenoxy) is 2. The minimum absolute atomic E-state index is 0.328. The maximum Gasteiger partial charge on any atom is 0.338 e. The van der Waals surface area contributed by atoms with Crippen molar-refractivity contribution in [3.8, 4) is 22.9 Å². The molecule has 194 valence electrons. The molecule has 0 aliphatic heterocycles. The molecule has 0 saturated carbocycles. The van der Waals surface area contributed by atoms with E-state index in [9.17, 15) is 10.1 Å². The lowest BCUT2D eigenvalue weighted by Gasteiger charge is -2.28. The predicted molar refractivity (Wildman–Crippen MR) is 152 cm³/mol. The van der Waals surface area contributed by atoms with Gasteiger partial charge < -0.3 is 15.2 Å². The van der Waals surface area contributed by atoms with Crippen LogP contribution in [0.15, 0.2) is 84.9 Å². The Kier molecular flexibility index (Phi) is 8.14. The fourth-order valence-corrected chi connectivity index (χ4v) is 4.69. The quantitative estimate of drug-likeness (QED) is 0.242. The third-order valence-electron chi connectivity index (χ3n) is 6.50. The molecule has 5 heteroatoms. The number of nitriles is 1. The van der Waals surface area contributed by atoms with Gasteiger partial charge in [0.1, 0.15) is 11.9 Å². The van der Waals surface area contributed by atoms with Gasteiger partial charge in [-0.15, -0.1) is 0 Å². The molecular formula is C33H34N2O3. The van der Waals surface area contributed by atoms with Crippen molar-refractivity contribution in [2.24, 2.45) is 11.7 Å². The Hall–Kier alpha value is -4.14. The number of esters is 1. The Bertz CT molecular complexity index is 1450. The number of fused-ring (bicyclic) bond motifs is 1. The first-order chi connectivity index (χ1) is 18.2. The zero-order chi connectivity index (χ0) is 27.3. The first-order valence-electron chi connectivity index (χ1n) is 12.9. The second-order valence-electron chi connectivity index (χ2n) is 10.3. The van der Waals surface area contributed by atoms with E-state index in [2.05, 4.69) is 30.3 Å². The highest BCUT2D eigenvalue weighted by molar-refractivity contribution is 5.90. The highest BCUT2D eigenvalue weighted by atomic mass is 16.5. The molecule has 0 fully saturated rings. The van der Waals surface area contributed by atoms with E-state index >= 15 is 0 Å². The largest absolute Gasteiger partial charge is 0.484 e. The maximum atomic E-state index is 12.0. The van der Waals surface area contributed by atoms with Gasteiger partial charge in [0, 0.05) is 11.1 Å². The lowest BCUT2D eigenvalue weighted by atomic mass is 9.84. The number of nitrogens with two attached hydrogens (primary N) is 1. The molecule has 0 spiro atoms. The lowest BCUT2D eigenvalue weighted by molar-refractivity contribution is 0.0526. The fourth-order valence-electron chi connectivity index (χ4n) is 4.69. The van der Waals surface area contributed by atoms with Gasteiger partial charge >= 0.3 is 5.97 Å². The molecular weight excluding hydrogens is 472 g/mol. The van der Waals surface area contributed by atoms with Crippen molar-refractivity contribution >= 4 is 16.7 Å². The monoisotopic (exact) mass is 506 g/mol. The van der Waals surface area contributed by atoms with Crippen LogP contribution in [0.2, 0.25) is 0 Å². The van der Waals surface area contributed by atoms with Crippen LogP contribution in [0.5, 0.6) is 5.75 Å². The standard InChI is InChI=1S/C33H34N2O3/c1-5-37-32(36)26-13-10-23(11-14-26)24-16-18-28(19-17-24)38-31(22(2)21-34)30-27(20-33(3,4)35)15-12-25-8-6-7-9-29(25)30/h6-19,22,31H,5,20,35H2,1-4H3. The fraction of sp³-hybridized carbons (Fsp3) is 0.273. The predicted octanol–water partition coefficient (Wildman–Crippen LogP) is 7.24. The topological polar surface area (TPSA) is 85.3 Å². The van der Waals surface area contributed by atoms with Crippen LogP contribution in [-0.2, 0) is 11.2 Å². The molecule has 0 bridgehead atoms. The van der Waals surface area contributed by atoms with Crippen LogP contribution in [0, 0.1) is 17.2 Å². The molecule has 2 atom stereocenters. The Morgan fingerprint density at radius 2 is 1.58 bits per heavy atom. The average molecular weight is 507 g/mol. The molecule has 2 N–H and O–H groups in total. The minimum atomic E-state index is -0.474. The summed E-state index contributed by atoms with van der Waals surface area (Å²) in [6.45, 7) is 8.04. The molecule has 0 heterocycles.